The van der Waals surface area contributed by atoms with Crippen molar-refractivity contribution in [3.8, 4) is 0 Å². The van der Waals surface area contributed by atoms with E-state index in [1.165, 1.54) is 0 Å². The molecule has 0 bridgehead atoms. The van der Waals surface area contributed by atoms with Crippen molar-refractivity contribution in [1.29, 1.82) is 0 Å². The van der Waals surface area contributed by atoms with E-state index in [-0.39, 0.29) is 12.1 Å². The Morgan fingerprint density at radius 2 is 2.30 bits per heavy atom. The van der Waals surface area contributed by atoms with Crippen LogP contribution in [0.5, 0.6) is 0 Å². The van der Waals surface area contributed by atoms with Crippen molar-refractivity contribution in [3.63, 3.8) is 0 Å². The fourth-order valence-corrected chi connectivity index (χ4v) is 0.931. The molecule has 0 aliphatic carbocycles. The maximum atomic E-state index is 9.34. The van der Waals surface area contributed by atoms with Crippen LogP contribution in [-0.2, 0) is 0 Å². The Balaban J connectivity index is 3.67. The SMILES string of the molecule is C=CCC(NC)C(O)CC. The molecule has 0 aliphatic rings. The molecule has 0 amide bonds. The molecule has 2 nitrogen and oxygen atoms in total. The summed E-state index contributed by atoms with van der Waals surface area (Å²) in [4.78, 5) is 0. The van der Waals surface area contributed by atoms with Gasteiger partial charge in [0.25, 0.3) is 0 Å². The number of likely N-dealkylation sites (N-methyl/N-ethyl adjacent to an activating group) is 1. The molecule has 0 fully saturated rings. The van der Waals surface area contributed by atoms with Crippen molar-refractivity contribution in [2.45, 2.75) is 31.9 Å². The monoisotopic (exact) mass is 143 g/mol. The number of hydrogen-bond donors (Lipinski definition) is 2. The van der Waals surface area contributed by atoms with Crippen LogP contribution in [0, 0.1) is 0 Å². The van der Waals surface area contributed by atoms with Crippen LogP contribution >= 0.6 is 0 Å². The first-order chi connectivity index (χ1) is 4.76. The first-order valence-corrected chi connectivity index (χ1v) is 3.72. The molecule has 10 heavy (non-hydrogen) atoms. The summed E-state index contributed by atoms with van der Waals surface area (Å²) in [5.74, 6) is 0. The number of hydrogen-bond acceptors (Lipinski definition) is 2. The maximum absolute atomic E-state index is 9.34. The van der Waals surface area contributed by atoms with E-state index in [0.29, 0.717) is 0 Å². The summed E-state index contributed by atoms with van der Waals surface area (Å²) in [6, 6.07) is 0.169. The van der Waals surface area contributed by atoms with E-state index in [4.69, 9.17) is 0 Å². The van der Waals surface area contributed by atoms with Crippen LogP contribution in [0.1, 0.15) is 19.8 Å². The van der Waals surface area contributed by atoms with Crippen LogP contribution in [0.15, 0.2) is 12.7 Å². The van der Waals surface area contributed by atoms with E-state index >= 15 is 0 Å². The van der Waals surface area contributed by atoms with Gasteiger partial charge >= 0.3 is 0 Å². The predicted molar refractivity (Wildman–Crippen MR) is 44.0 cm³/mol. The summed E-state index contributed by atoms with van der Waals surface area (Å²) in [5, 5.41) is 12.4. The van der Waals surface area contributed by atoms with Gasteiger partial charge in [0.1, 0.15) is 0 Å². The van der Waals surface area contributed by atoms with Gasteiger partial charge in [-0.2, -0.15) is 0 Å². The Kier molecular flexibility index (Phi) is 5.26. The van der Waals surface area contributed by atoms with E-state index in [1.54, 1.807) is 0 Å². The summed E-state index contributed by atoms with van der Waals surface area (Å²) in [7, 11) is 1.85. The number of nitrogens with one attached hydrogen (secondary N) is 1. The molecule has 0 rings (SSSR count). The Bertz CT molecular complexity index is 93.3. The molecular weight excluding hydrogens is 126 g/mol. The van der Waals surface area contributed by atoms with Gasteiger partial charge in [0.2, 0.25) is 0 Å². The average Bonchev–Trinajstić information content (AvgIpc) is 1.99. The number of rotatable bonds is 5. The van der Waals surface area contributed by atoms with Crippen molar-refractivity contribution < 1.29 is 5.11 Å². The minimum atomic E-state index is -0.247. The van der Waals surface area contributed by atoms with Crippen LogP contribution in [0.25, 0.3) is 0 Å². The molecule has 0 heterocycles. The molecule has 60 valence electrons. The van der Waals surface area contributed by atoms with E-state index in [2.05, 4.69) is 11.9 Å². The molecule has 0 spiro atoms. The third-order valence-corrected chi connectivity index (χ3v) is 1.67. The highest BCUT2D eigenvalue weighted by atomic mass is 16.3. The first kappa shape index (κ1) is 9.66. The molecule has 0 radical (unpaired) electrons. The van der Waals surface area contributed by atoms with Crippen molar-refractivity contribution in [1.82, 2.24) is 5.32 Å². The fourth-order valence-electron chi connectivity index (χ4n) is 0.931. The van der Waals surface area contributed by atoms with Crippen molar-refractivity contribution in [2.24, 2.45) is 0 Å². The largest absolute Gasteiger partial charge is 0.392 e. The third kappa shape index (κ3) is 2.99. The molecule has 0 aromatic carbocycles. The summed E-state index contributed by atoms with van der Waals surface area (Å²) < 4.78 is 0. The van der Waals surface area contributed by atoms with E-state index in [1.807, 2.05) is 20.0 Å². The van der Waals surface area contributed by atoms with Gasteiger partial charge in [0, 0.05) is 6.04 Å². The van der Waals surface area contributed by atoms with Gasteiger partial charge in [-0.15, -0.1) is 6.58 Å². The summed E-state index contributed by atoms with van der Waals surface area (Å²) >= 11 is 0. The minimum Gasteiger partial charge on any atom is -0.392 e. The average molecular weight is 143 g/mol. The van der Waals surface area contributed by atoms with Gasteiger partial charge < -0.3 is 10.4 Å². The molecule has 0 aromatic heterocycles. The molecule has 0 saturated carbocycles. The second kappa shape index (κ2) is 5.45. The van der Waals surface area contributed by atoms with E-state index < -0.39 is 0 Å². The van der Waals surface area contributed by atoms with Crippen LogP contribution in [0.3, 0.4) is 0 Å². The predicted octanol–water partition coefficient (Wildman–Crippen LogP) is 0.921. The topological polar surface area (TPSA) is 32.3 Å². The molecule has 2 heteroatoms. The van der Waals surface area contributed by atoms with Crippen molar-refractivity contribution in [3.05, 3.63) is 12.7 Å². The van der Waals surface area contributed by atoms with Crippen molar-refractivity contribution in [2.75, 3.05) is 7.05 Å². The fraction of sp³-hybridized carbons (Fsp3) is 0.750. The molecule has 0 saturated heterocycles. The standard InChI is InChI=1S/C8H17NO/c1-4-6-7(9-3)8(10)5-2/h4,7-10H,1,5-6H2,2-3H3. The van der Waals surface area contributed by atoms with Gasteiger partial charge in [-0.1, -0.05) is 13.0 Å². The van der Waals surface area contributed by atoms with E-state index in [0.717, 1.165) is 12.8 Å². The van der Waals surface area contributed by atoms with E-state index in [9.17, 15) is 5.11 Å². The lowest BCUT2D eigenvalue weighted by Crippen LogP contribution is -2.36. The summed E-state index contributed by atoms with van der Waals surface area (Å²) in [6.07, 6.45) is 3.19. The summed E-state index contributed by atoms with van der Waals surface area (Å²) in [6.45, 7) is 5.58. The van der Waals surface area contributed by atoms with Gasteiger partial charge in [0.15, 0.2) is 0 Å². The Morgan fingerprint density at radius 3 is 2.60 bits per heavy atom. The molecular formula is C8H17NO. The normalized spacial score (nSPS) is 16.3. The highest BCUT2D eigenvalue weighted by molar-refractivity contribution is 4.81. The second-order valence-electron chi connectivity index (χ2n) is 2.40. The van der Waals surface area contributed by atoms with Gasteiger partial charge in [0.05, 0.1) is 6.10 Å². The second-order valence-corrected chi connectivity index (χ2v) is 2.40. The number of aliphatic hydroxyl groups is 1. The number of aliphatic hydroxyl groups excluding tert-OH is 1. The molecule has 2 unspecified atom stereocenters. The molecule has 2 N–H and O–H groups in total. The first-order valence-electron chi connectivity index (χ1n) is 3.72. The van der Waals surface area contributed by atoms with Gasteiger partial charge in [-0.05, 0) is 19.9 Å². The van der Waals surface area contributed by atoms with Crippen LogP contribution < -0.4 is 5.32 Å². The Labute approximate surface area is 62.9 Å². The highest BCUT2D eigenvalue weighted by Gasteiger charge is 2.12. The zero-order valence-corrected chi connectivity index (χ0v) is 6.80. The van der Waals surface area contributed by atoms with Crippen molar-refractivity contribution >= 4 is 0 Å². The lowest BCUT2D eigenvalue weighted by Gasteiger charge is -2.19. The van der Waals surface area contributed by atoms with Crippen LogP contribution in [-0.4, -0.2) is 24.3 Å². The van der Waals surface area contributed by atoms with Gasteiger partial charge in [-0.3, -0.25) is 0 Å². The minimum absolute atomic E-state index is 0.169. The maximum Gasteiger partial charge on any atom is 0.0693 e. The Hall–Kier alpha value is -0.340. The lowest BCUT2D eigenvalue weighted by atomic mass is 10.1. The molecule has 2 atom stereocenters. The van der Waals surface area contributed by atoms with Gasteiger partial charge in [-0.25, -0.2) is 0 Å². The highest BCUT2D eigenvalue weighted by Crippen LogP contribution is 2.02. The summed E-state index contributed by atoms with van der Waals surface area (Å²) in [5.41, 5.74) is 0. The molecule has 0 aromatic rings. The lowest BCUT2D eigenvalue weighted by molar-refractivity contribution is 0.128. The smallest absolute Gasteiger partial charge is 0.0693 e. The van der Waals surface area contributed by atoms with Crippen LogP contribution in [0.4, 0.5) is 0 Å². The zero-order valence-electron chi connectivity index (χ0n) is 6.80. The quantitative estimate of drug-likeness (QED) is 0.561. The molecule has 0 aliphatic heterocycles. The van der Waals surface area contributed by atoms with Crippen LogP contribution in [0.2, 0.25) is 0 Å². The zero-order chi connectivity index (χ0) is 7.98. The third-order valence-electron chi connectivity index (χ3n) is 1.67. The Morgan fingerprint density at radius 1 is 1.70 bits per heavy atom.